The Morgan fingerprint density at radius 2 is 1.78 bits per heavy atom. The van der Waals surface area contributed by atoms with E-state index in [1.165, 1.54) is 12.5 Å². The Balaban J connectivity index is 1.36. The summed E-state index contributed by atoms with van der Waals surface area (Å²) in [5, 5.41) is 10.9. The molecule has 2 aliphatic rings. The quantitative estimate of drug-likeness (QED) is 0.478. The van der Waals surface area contributed by atoms with E-state index in [-0.39, 0.29) is 28.7 Å². The van der Waals surface area contributed by atoms with Crippen LogP contribution in [0.5, 0.6) is 0 Å². The summed E-state index contributed by atoms with van der Waals surface area (Å²) in [7, 11) is 0. The van der Waals surface area contributed by atoms with Crippen molar-refractivity contribution in [3.05, 3.63) is 53.2 Å². The maximum absolute atomic E-state index is 15.0. The molecule has 3 aromatic rings. The van der Waals surface area contributed by atoms with Gasteiger partial charge >= 0.3 is 0 Å². The van der Waals surface area contributed by atoms with Gasteiger partial charge in [-0.3, -0.25) is 19.7 Å². The first-order chi connectivity index (χ1) is 17.7. The molecule has 1 amide bonds. The number of benzene rings is 2. The van der Waals surface area contributed by atoms with Crippen LogP contribution < -0.4 is 5.32 Å². The lowest BCUT2D eigenvalue weighted by atomic mass is 9.97. The van der Waals surface area contributed by atoms with Gasteiger partial charge in [0.2, 0.25) is 0 Å². The summed E-state index contributed by atoms with van der Waals surface area (Å²) in [6.07, 6.45) is 5.24. The summed E-state index contributed by atoms with van der Waals surface area (Å²) in [5.74, 6) is -1.97. The Kier molecular flexibility index (Phi) is 7.32. The van der Waals surface area contributed by atoms with Crippen LogP contribution in [0.2, 0.25) is 0 Å². The Hall–Kier alpha value is -2.84. The van der Waals surface area contributed by atoms with E-state index in [1.54, 1.807) is 24.3 Å². The second-order valence-electron chi connectivity index (χ2n) is 11.5. The standard InChI is InChI=1S/C29H37F2N5O/c1-29(2,3)36-13-9-21(10-14-36)32-28(37)27-23-17-20(7-8-25(23)33-34-27)22-15-19(16-24(30)26(22)31)18-35-11-5-4-6-12-35/h7-8,15-17,21H,4-6,9-14,18H2,1-3H3,(H,32,37)(H,33,34). The number of nitrogens with one attached hydrogen (secondary N) is 2. The molecule has 2 saturated heterocycles. The fourth-order valence-electron chi connectivity index (χ4n) is 5.63. The first-order valence-electron chi connectivity index (χ1n) is 13.4. The average Bonchev–Trinajstić information content (AvgIpc) is 3.30. The number of hydrogen-bond donors (Lipinski definition) is 2. The number of nitrogens with zero attached hydrogens (tertiary/aromatic N) is 3. The van der Waals surface area contributed by atoms with Crippen molar-refractivity contribution in [2.75, 3.05) is 26.2 Å². The molecule has 1 aromatic heterocycles. The van der Waals surface area contributed by atoms with Crippen LogP contribution in [0.1, 0.15) is 68.9 Å². The third-order valence-corrected chi connectivity index (χ3v) is 7.81. The molecule has 2 aliphatic heterocycles. The lowest BCUT2D eigenvalue weighted by Gasteiger charge is -2.40. The van der Waals surface area contributed by atoms with Crippen molar-refractivity contribution in [3.8, 4) is 11.1 Å². The normalized spacial score (nSPS) is 18.4. The summed E-state index contributed by atoms with van der Waals surface area (Å²) >= 11 is 0. The van der Waals surface area contributed by atoms with Crippen LogP contribution in [0, 0.1) is 11.6 Å². The lowest BCUT2D eigenvalue weighted by molar-refractivity contribution is 0.0810. The average molecular weight is 510 g/mol. The Morgan fingerprint density at radius 3 is 2.49 bits per heavy atom. The van der Waals surface area contributed by atoms with Crippen LogP contribution in [0.3, 0.4) is 0 Å². The second-order valence-corrected chi connectivity index (χ2v) is 11.5. The van der Waals surface area contributed by atoms with Gasteiger partial charge in [0.05, 0.1) is 5.52 Å². The SMILES string of the molecule is CC(C)(C)N1CCC(NC(=O)c2n[nH]c3ccc(-c4cc(CN5CCCCC5)cc(F)c4F)cc23)CC1. The maximum atomic E-state index is 15.0. The number of fused-ring (bicyclic) bond motifs is 1. The van der Waals surface area contributed by atoms with Crippen LogP contribution in [-0.4, -0.2) is 63.7 Å². The minimum absolute atomic E-state index is 0.0824. The monoisotopic (exact) mass is 509 g/mol. The minimum atomic E-state index is -0.873. The summed E-state index contributed by atoms with van der Waals surface area (Å²) < 4.78 is 29.6. The summed E-state index contributed by atoms with van der Waals surface area (Å²) in [4.78, 5) is 17.9. The first kappa shape index (κ1) is 25.8. The largest absolute Gasteiger partial charge is 0.348 e. The van der Waals surface area contributed by atoms with Gasteiger partial charge in [0.25, 0.3) is 5.91 Å². The Bertz CT molecular complexity index is 1270. The number of halogens is 2. The molecule has 0 unspecified atom stereocenters. The molecule has 3 heterocycles. The fraction of sp³-hybridized carbons (Fsp3) is 0.517. The molecule has 0 bridgehead atoms. The summed E-state index contributed by atoms with van der Waals surface area (Å²) in [6, 6.07) is 8.36. The van der Waals surface area contributed by atoms with Crippen molar-refractivity contribution < 1.29 is 13.6 Å². The van der Waals surface area contributed by atoms with Gasteiger partial charge in [0.15, 0.2) is 17.3 Å². The van der Waals surface area contributed by atoms with E-state index < -0.39 is 11.6 Å². The summed E-state index contributed by atoms with van der Waals surface area (Å²) in [5.41, 5.74) is 2.56. The van der Waals surface area contributed by atoms with Crippen LogP contribution in [0.25, 0.3) is 22.0 Å². The molecule has 37 heavy (non-hydrogen) atoms. The molecule has 2 N–H and O–H groups in total. The highest BCUT2D eigenvalue weighted by molar-refractivity contribution is 6.05. The molecule has 0 saturated carbocycles. The van der Waals surface area contributed by atoms with E-state index >= 15 is 0 Å². The zero-order valence-electron chi connectivity index (χ0n) is 22.0. The van der Waals surface area contributed by atoms with Crippen LogP contribution >= 0.6 is 0 Å². The van der Waals surface area contributed by atoms with Gasteiger partial charge in [-0.25, -0.2) is 8.78 Å². The van der Waals surface area contributed by atoms with Crippen molar-refractivity contribution in [2.45, 2.75) is 71.0 Å². The zero-order chi connectivity index (χ0) is 26.2. The molecule has 0 radical (unpaired) electrons. The number of piperidine rings is 2. The molecule has 6 nitrogen and oxygen atoms in total. The molecule has 5 rings (SSSR count). The van der Waals surface area contributed by atoms with Gasteiger partial charge in [-0.05, 0) is 94.9 Å². The molecule has 2 aromatic carbocycles. The zero-order valence-corrected chi connectivity index (χ0v) is 22.0. The van der Waals surface area contributed by atoms with Crippen molar-refractivity contribution >= 4 is 16.8 Å². The number of likely N-dealkylation sites (tertiary alicyclic amines) is 2. The summed E-state index contributed by atoms with van der Waals surface area (Å²) in [6.45, 7) is 11.0. The third-order valence-electron chi connectivity index (χ3n) is 7.81. The molecule has 0 aliphatic carbocycles. The fourth-order valence-corrected chi connectivity index (χ4v) is 5.63. The highest BCUT2D eigenvalue weighted by atomic mass is 19.2. The maximum Gasteiger partial charge on any atom is 0.272 e. The molecular weight excluding hydrogens is 472 g/mol. The Labute approximate surface area is 217 Å². The number of aromatic nitrogens is 2. The van der Waals surface area contributed by atoms with Crippen molar-refractivity contribution in [3.63, 3.8) is 0 Å². The smallest absolute Gasteiger partial charge is 0.272 e. The molecule has 0 spiro atoms. The van der Waals surface area contributed by atoms with Crippen LogP contribution in [0.4, 0.5) is 8.78 Å². The van der Waals surface area contributed by atoms with E-state index in [4.69, 9.17) is 0 Å². The number of carbonyl (C=O) groups excluding carboxylic acids is 1. The number of carbonyl (C=O) groups is 1. The predicted octanol–water partition coefficient (Wildman–Crippen LogP) is 5.49. The molecule has 198 valence electrons. The van der Waals surface area contributed by atoms with E-state index in [1.807, 2.05) is 0 Å². The second kappa shape index (κ2) is 10.5. The van der Waals surface area contributed by atoms with E-state index in [9.17, 15) is 13.6 Å². The number of rotatable bonds is 5. The molecular formula is C29H37F2N5O. The highest BCUT2D eigenvalue weighted by Gasteiger charge is 2.28. The lowest BCUT2D eigenvalue weighted by Crippen LogP contribution is -2.50. The van der Waals surface area contributed by atoms with E-state index in [0.717, 1.165) is 57.4 Å². The first-order valence-corrected chi connectivity index (χ1v) is 13.4. The van der Waals surface area contributed by atoms with E-state index in [0.29, 0.717) is 23.0 Å². The van der Waals surface area contributed by atoms with Gasteiger partial charge in [0.1, 0.15) is 0 Å². The van der Waals surface area contributed by atoms with Gasteiger partial charge in [-0.2, -0.15) is 5.10 Å². The third kappa shape index (κ3) is 5.70. The van der Waals surface area contributed by atoms with Crippen LogP contribution in [0.15, 0.2) is 30.3 Å². The number of amides is 1. The topological polar surface area (TPSA) is 64.3 Å². The van der Waals surface area contributed by atoms with E-state index in [2.05, 4.69) is 46.1 Å². The van der Waals surface area contributed by atoms with Crippen molar-refractivity contribution in [1.82, 2.24) is 25.3 Å². The highest BCUT2D eigenvalue weighted by Crippen LogP contribution is 2.31. The van der Waals surface area contributed by atoms with Crippen molar-refractivity contribution in [2.24, 2.45) is 0 Å². The number of H-pyrrole nitrogens is 1. The predicted molar refractivity (Wildman–Crippen MR) is 142 cm³/mol. The van der Waals surface area contributed by atoms with Gasteiger partial charge in [-0.1, -0.05) is 12.5 Å². The molecule has 8 heteroatoms. The minimum Gasteiger partial charge on any atom is -0.348 e. The van der Waals surface area contributed by atoms with Crippen molar-refractivity contribution in [1.29, 1.82) is 0 Å². The number of aromatic amines is 1. The van der Waals surface area contributed by atoms with Gasteiger partial charge < -0.3 is 5.32 Å². The Morgan fingerprint density at radius 1 is 1.05 bits per heavy atom. The number of hydrogen-bond acceptors (Lipinski definition) is 4. The van der Waals surface area contributed by atoms with Gasteiger partial charge in [-0.15, -0.1) is 0 Å². The van der Waals surface area contributed by atoms with Crippen LogP contribution in [-0.2, 0) is 6.54 Å². The molecule has 2 fully saturated rings. The molecule has 0 atom stereocenters. The van der Waals surface area contributed by atoms with Gasteiger partial charge in [0, 0.05) is 42.2 Å².